The lowest BCUT2D eigenvalue weighted by Crippen LogP contribution is -2.07. The molecule has 1 heterocycles. The zero-order chi connectivity index (χ0) is 14.9. The third kappa shape index (κ3) is 3.60. The minimum atomic E-state index is -4.14. The second kappa shape index (κ2) is 5.85. The smallest absolute Gasteiger partial charge is 0.331 e. The zero-order valence-electron chi connectivity index (χ0n) is 10.2. The van der Waals surface area contributed by atoms with Crippen LogP contribution in [0.25, 0.3) is 11.0 Å². The molecular formula is C12H11BrF4N2S. The number of rotatable bonds is 4. The zero-order valence-corrected chi connectivity index (χ0v) is 12.6. The molecule has 0 aliphatic rings. The lowest BCUT2D eigenvalue weighted by Gasteiger charge is -2.07. The van der Waals surface area contributed by atoms with Crippen molar-refractivity contribution in [2.45, 2.75) is 32.0 Å². The lowest BCUT2D eigenvalue weighted by molar-refractivity contribution is -0.135. The van der Waals surface area contributed by atoms with Crippen LogP contribution in [0.2, 0.25) is 0 Å². The van der Waals surface area contributed by atoms with Crippen molar-refractivity contribution in [3.63, 3.8) is 0 Å². The van der Waals surface area contributed by atoms with Gasteiger partial charge in [-0.2, -0.15) is 13.2 Å². The maximum atomic E-state index is 13.5. The van der Waals surface area contributed by atoms with Gasteiger partial charge >= 0.3 is 6.18 Å². The number of imidazole rings is 1. The van der Waals surface area contributed by atoms with Gasteiger partial charge in [0, 0.05) is 19.0 Å². The van der Waals surface area contributed by atoms with E-state index in [0.29, 0.717) is 33.2 Å². The Kier molecular flexibility index (Phi) is 4.53. The van der Waals surface area contributed by atoms with Crippen LogP contribution in [0, 0.1) is 10.6 Å². The number of aromatic amines is 1. The molecule has 0 bridgehead atoms. The van der Waals surface area contributed by atoms with Gasteiger partial charge in [0.15, 0.2) is 4.77 Å². The Morgan fingerprint density at radius 2 is 1.95 bits per heavy atom. The van der Waals surface area contributed by atoms with E-state index in [1.165, 1.54) is 6.07 Å². The molecule has 0 aliphatic heterocycles. The van der Waals surface area contributed by atoms with Gasteiger partial charge in [-0.15, -0.1) is 0 Å². The highest BCUT2D eigenvalue weighted by molar-refractivity contribution is 9.10. The van der Waals surface area contributed by atoms with Crippen LogP contribution in [0.4, 0.5) is 17.6 Å². The maximum absolute atomic E-state index is 13.5. The number of hydrogen-bond acceptors (Lipinski definition) is 1. The van der Waals surface area contributed by atoms with E-state index in [4.69, 9.17) is 12.2 Å². The first-order chi connectivity index (χ1) is 9.28. The molecule has 0 saturated carbocycles. The third-order valence-electron chi connectivity index (χ3n) is 2.91. The van der Waals surface area contributed by atoms with Gasteiger partial charge in [0.05, 0.1) is 15.5 Å². The van der Waals surface area contributed by atoms with Crippen LogP contribution < -0.4 is 0 Å². The van der Waals surface area contributed by atoms with Gasteiger partial charge in [0.25, 0.3) is 0 Å². The average Bonchev–Trinajstić information content (AvgIpc) is 2.60. The molecule has 1 aromatic heterocycles. The molecule has 110 valence electrons. The Balaban J connectivity index is 2.16. The predicted molar refractivity (Wildman–Crippen MR) is 74.7 cm³/mol. The number of aromatic nitrogens is 2. The maximum Gasteiger partial charge on any atom is 0.389 e. The van der Waals surface area contributed by atoms with Gasteiger partial charge in [-0.1, -0.05) is 0 Å². The number of benzene rings is 1. The molecule has 0 atom stereocenters. The summed E-state index contributed by atoms with van der Waals surface area (Å²) < 4.78 is 52.0. The van der Waals surface area contributed by atoms with Gasteiger partial charge < -0.3 is 9.55 Å². The molecule has 1 aromatic carbocycles. The summed E-state index contributed by atoms with van der Waals surface area (Å²) in [5.74, 6) is -0.435. The fraction of sp³-hybridized carbons (Fsp3) is 0.417. The van der Waals surface area contributed by atoms with Crippen LogP contribution in [-0.2, 0) is 6.54 Å². The van der Waals surface area contributed by atoms with Crippen molar-refractivity contribution in [2.24, 2.45) is 0 Å². The van der Waals surface area contributed by atoms with E-state index in [0.717, 1.165) is 0 Å². The number of unbranched alkanes of at least 4 members (excludes halogenated alkanes) is 1. The van der Waals surface area contributed by atoms with Crippen molar-refractivity contribution in [3.05, 3.63) is 27.2 Å². The summed E-state index contributed by atoms with van der Waals surface area (Å²) in [6, 6.07) is 2.88. The summed E-state index contributed by atoms with van der Waals surface area (Å²) >= 11 is 8.18. The number of hydrogen-bond donors (Lipinski definition) is 1. The molecule has 2 aromatic rings. The summed E-state index contributed by atoms with van der Waals surface area (Å²) in [7, 11) is 0. The van der Waals surface area contributed by atoms with E-state index < -0.39 is 18.4 Å². The first kappa shape index (κ1) is 15.5. The van der Waals surface area contributed by atoms with E-state index in [1.54, 1.807) is 10.6 Å². The van der Waals surface area contributed by atoms with Crippen molar-refractivity contribution in [3.8, 4) is 0 Å². The van der Waals surface area contributed by atoms with Crippen molar-refractivity contribution in [2.75, 3.05) is 0 Å². The number of halogens is 5. The SMILES string of the molecule is Fc1cc2c(cc1Br)[nH]c(=S)n2CCCCC(F)(F)F. The van der Waals surface area contributed by atoms with Gasteiger partial charge in [0.1, 0.15) is 5.82 Å². The van der Waals surface area contributed by atoms with E-state index in [1.807, 2.05) is 0 Å². The monoisotopic (exact) mass is 370 g/mol. The Labute approximate surface area is 125 Å². The van der Waals surface area contributed by atoms with Crippen molar-refractivity contribution < 1.29 is 17.6 Å². The molecule has 0 amide bonds. The minimum Gasteiger partial charge on any atom is -0.331 e. The molecule has 0 aliphatic carbocycles. The van der Waals surface area contributed by atoms with E-state index in [-0.39, 0.29) is 6.42 Å². The molecule has 0 saturated heterocycles. The topological polar surface area (TPSA) is 20.7 Å². The first-order valence-electron chi connectivity index (χ1n) is 5.92. The molecule has 1 N–H and O–H groups in total. The van der Waals surface area contributed by atoms with Gasteiger partial charge in [-0.05, 0) is 47.1 Å². The number of nitrogens with one attached hydrogen (secondary N) is 1. The summed E-state index contributed by atoms with van der Waals surface area (Å²) in [5.41, 5.74) is 1.21. The van der Waals surface area contributed by atoms with E-state index in [2.05, 4.69) is 20.9 Å². The Bertz CT molecular complexity index is 674. The van der Waals surface area contributed by atoms with Gasteiger partial charge in [-0.3, -0.25) is 0 Å². The fourth-order valence-electron chi connectivity index (χ4n) is 1.97. The summed E-state index contributed by atoms with van der Waals surface area (Å²) in [5, 5.41) is 0. The molecule has 0 fully saturated rings. The van der Waals surface area contributed by atoms with Crippen molar-refractivity contribution >= 4 is 39.2 Å². The van der Waals surface area contributed by atoms with E-state index >= 15 is 0 Å². The second-order valence-electron chi connectivity index (χ2n) is 4.44. The van der Waals surface area contributed by atoms with Crippen LogP contribution in [0.3, 0.4) is 0 Å². The van der Waals surface area contributed by atoms with Crippen molar-refractivity contribution in [1.29, 1.82) is 0 Å². The van der Waals surface area contributed by atoms with Crippen LogP contribution in [0.1, 0.15) is 19.3 Å². The number of H-pyrrole nitrogens is 1. The summed E-state index contributed by atoms with van der Waals surface area (Å²) in [6.07, 6.45) is -4.60. The van der Waals surface area contributed by atoms with Crippen LogP contribution in [0.15, 0.2) is 16.6 Å². The Morgan fingerprint density at radius 1 is 1.25 bits per heavy atom. The molecule has 2 nitrogen and oxygen atoms in total. The largest absolute Gasteiger partial charge is 0.389 e. The number of aryl methyl sites for hydroxylation is 1. The minimum absolute atomic E-state index is 0.0248. The van der Waals surface area contributed by atoms with Crippen LogP contribution in [-0.4, -0.2) is 15.7 Å². The van der Waals surface area contributed by atoms with E-state index in [9.17, 15) is 17.6 Å². The van der Waals surface area contributed by atoms with Gasteiger partial charge in [0.2, 0.25) is 0 Å². The molecule has 8 heteroatoms. The highest BCUT2D eigenvalue weighted by Gasteiger charge is 2.25. The van der Waals surface area contributed by atoms with Crippen LogP contribution in [0.5, 0.6) is 0 Å². The Hall–Kier alpha value is -0.890. The Morgan fingerprint density at radius 3 is 2.60 bits per heavy atom. The molecule has 0 unspecified atom stereocenters. The lowest BCUT2D eigenvalue weighted by atomic mass is 10.2. The van der Waals surface area contributed by atoms with Crippen molar-refractivity contribution in [1.82, 2.24) is 9.55 Å². The number of alkyl halides is 3. The highest BCUT2D eigenvalue weighted by atomic mass is 79.9. The fourth-order valence-corrected chi connectivity index (χ4v) is 2.61. The average molecular weight is 371 g/mol. The second-order valence-corrected chi connectivity index (χ2v) is 5.68. The third-order valence-corrected chi connectivity index (χ3v) is 3.84. The summed E-state index contributed by atoms with van der Waals surface area (Å²) in [6.45, 7) is 0.329. The summed E-state index contributed by atoms with van der Waals surface area (Å²) in [4.78, 5) is 2.91. The first-order valence-corrected chi connectivity index (χ1v) is 7.12. The molecule has 2 rings (SSSR count). The molecule has 0 spiro atoms. The molecule has 20 heavy (non-hydrogen) atoms. The normalized spacial score (nSPS) is 12.2. The number of nitrogens with zero attached hydrogens (tertiary/aromatic N) is 1. The molecular weight excluding hydrogens is 360 g/mol. The van der Waals surface area contributed by atoms with Crippen LogP contribution >= 0.6 is 28.1 Å². The van der Waals surface area contributed by atoms with Gasteiger partial charge in [-0.25, -0.2) is 4.39 Å². The molecule has 0 radical (unpaired) electrons. The standard InChI is InChI=1S/C12H11BrF4N2S/c13-7-5-9-10(6-8(7)14)19(11(20)18-9)4-2-1-3-12(15,16)17/h5-6H,1-4H2,(H,18,20). The predicted octanol–water partition coefficient (Wildman–Crippen LogP) is 5.33. The highest BCUT2D eigenvalue weighted by Crippen LogP contribution is 2.25. The number of fused-ring (bicyclic) bond motifs is 1. The quantitative estimate of drug-likeness (QED) is 0.438.